The Hall–Kier alpha value is -1.40. The molecule has 2 aliphatic rings. The largest absolute Gasteiger partial charge is 0.478 e. The van der Waals surface area contributed by atoms with Crippen LogP contribution in [0, 0.1) is 0 Å². The van der Waals surface area contributed by atoms with E-state index in [1.165, 1.54) is 6.92 Å². The highest BCUT2D eigenvalue weighted by Crippen LogP contribution is 2.30. The van der Waals surface area contributed by atoms with Gasteiger partial charge in [-0.15, -0.1) is 0 Å². The second-order valence-electron chi connectivity index (χ2n) is 4.99. The van der Waals surface area contributed by atoms with Crippen LogP contribution in [-0.4, -0.2) is 54.0 Å². The maximum Gasteiger partial charge on any atom is 0.331 e. The maximum absolute atomic E-state index is 12.3. The molecule has 2 rings (SSSR count). The second-order valence-corrected chi connectivity index (χ2v) is 4.99. The first kappa shape index (κ1) is 14.0. The Balaban J connectivity index is 2.11. The van der Waals surface area contributed by atoms with Crippen molar-refractivity contribution in [2.24, 2.45) is 0 Å². The Labute approximate surface area is 112 Å². The van der Waals surface area contributed by atoms with E-state index in [9.17, 15) is 9.59 Å². The normalized spacial score (nSPS) is 23.4. The predicted octanol–water partition coefficient (Wildman–Crippen LogP) is 0.773. The molecule has 2 fully saturated rings. The quantitative estimate of drug-likeness (QED) is 0.749. The van der Waals surface area contributed by atoms with Crippen LogP contribution in [0.4, 0.5) is 0 Å². The lowest BCUT2D eigenvalue weighted by Crippen LogP contribution is -2.51. The highest BCUT2D eigenvalue weighted by atomic mass is 16.7. The van der Waals surface area contributed by atoms with E-state index in [-0.39, 0.29) is 17.1 Å². The van der Waals surface area contributed by atoms with Crippen LogP contribution in [0.15, 0.2) is 11.1 Å². The van der Waals surface area contributed by atoms with Crippen molar-refractivity contribution in [1.29, 1.82) is 0 Å². The van der Waals surface area contributed by atoms with E-state index < -0.39 is 11.8 Å². The molecular formula is C13H19NO5. The molecule has 2 saturated heterocycles. The molecule has 19 heavy (non-hydrogen) atoms. The predicted molar refractivity (Wildman–Crippen MR) is 66.5 cm³/mol. The van der Waals surface area contributed by atoms with Crippen molar-refractivity contribution in [2.45, 2.75) is 32.5 Å². The number of carbonyl (C=O) groups excluding carboxylic acids is 1. The van der Waals surface area contributed by atoms with Gasteiger partial charge in [-0.3, -0.25) is 4.79 Å². The molecule has 0 aromatic heterocycles. The van der Waals surface area contributed by atoms with Gasteiger partial charge in [0, 0.05) is 24.1 Å². The summed E-state index contributed by atoms with van der Waals surface area (Å²) in [6.45, 7) is 5.06. The third kappa shape index (κ3) is 2.79. The lowest BCUT2D eigenvalue weighted by atomic mass is 10.0. The van der Waals surface area contributed by atoms with Crippen LogP contribution in [0.1, 0.15) is 26.7 Å². The van der Waals surface area contributed by atoms with E-state index in [4.69, 9.17) is 14.6 Å². The van der Waals surface area contributed by atoms with Gasteiger partial charge in [0.2, 0.25) is 5.91 Å². The average Bonchev–Trinajstić information content (AvgIpc) is 2.84. The standard InChI is InChI=1S/C13H19NO5/c1-9(10(2)12(16)17)11(15)14-5-3-4-13(8-14)18-6-7-19-13/h3-8H2,1-2H3,(H,16,17). The summed E-state index contributed by atoms with van der Waals surface area (Å²) >= 11 is 0. The van der Waals surface area contributed by atoms with Crippen molar-refractivity contribution in [1.82, 2.24) is 4.90 Å². The molecule has 106 valence electrons. The summed E-state index contributed by atoms with van der Waals surface area (Å²) in [5.41, 5.74) is 0.348. The second kappa shape index (κ2) is 5.30. The van der Waals surface area contributed by atoms with Gasteiger partial charge >= 0.3 is 5.97 Å². The van der Waals surface area contributed by atoms with E-state index in [0.717, 1.165) is 12.8 Å². The first-order valence-electron chi connectivity index (χ1n) is 6.43. The zero-order valence-electron chi connectivity index (χ0n) is 11.3. The van der Waals surface area contributed by atoms with Crippen LogP contribution in [0.5, 0.6) is 0 Å². The Bertz CT molecular complexity index is 423. The minimum Gasteiger partial charge on any atom is -0.478 e. The van der Waals surface area contributed by atoms with Gasteiger partial charge in [0.15, 0.2) is 5.79 Å². The zero-order valence-corrected chi connectivity index (χ0v) is 11.3. The molecule has 0 aromatic carbocycles. The molecule has 2 heterocycles. The van der Waals surface area contributed by atoms with E-state index in [2.05, 4.69) is 0 Å². The number of rotatable bonds is 2. The van der Waals surface area contributed by atoms with Gasteiger partial charge in [-0.25, -0.2) is 4.79 Å². The van der Waals surface area contributed by atoms with Crippen LogP contribution in [0.2, 0.25) is 0 Å². The number of hydrogen-bond donors (Lipinski definition) is 1. The zero-order chi connectivity index (χ0) is 14.0. The smallest absolute Gasteiger partial charge is 0.331 e. The van der Waals surface area contributed by atoms with Crippen molar-refractivity contribution >= 4 is 11.9 Å². The van der Waals surface area contributed by atoms with Gasteiger partial charge < -0.3 is 19.5 Å². The van der Waals surface area contributed by atoms with E-state index >= 15 is 0 Å². The molecule has 0 unspecified atom stereocenters. The van der Waals surface area contributed by atoms with Gasteiger partial charge in [0.05, 0.1) is 19.8 Å². The Kier molecular flexibility index (Phi) is 3.91. The maximum atomic E-state index is 12.3. The number of carbonyl (C=O) groups is 2. The molecule has 0 aliphatic carbocycles. The van der Waals surface area contributed by atoms with Crippen LogP contribution < -0.4 is 0 Å². The van der Waals surface area contributed by atoms with E-state index in [1.807, 2.05) is 0 Å². The first-order chi connectivity index (χ1) is 8.95. The van der Waals surface area contributed by atoms with Gasteiger partial charge in [-0.05, 0) is 20.3 Å². The minimum atomic E-state index is -1.06. The average molecular weight is 269 g/mol. The molecule has 1 spiro atoms. The number of likely N-dealkylation sites (tertiary alicyclic amines) is 1. The summed E-state index contributed by atoms with van der Waals surface area (Å²) in [4.78, 5) is 24.8. The number of aliphatic carboxylic acids is 1. The van der Waals surface area contributed by atoms with Crippen molar-refractivity contribution in [3.05, 3.63) is 11.1 Å². The molecule has 0 radical (unpaired) electrons. The molecule has 0 saturated carbocycles. The minimum absolute atomic E-state index is 0.0814. The molecule has 0 aromatic rings. The first-order valence-corrected chi connectivity index (χ1v) is 6.43. The Morgan fingerprint density at radius 2 is 1.79 bits per heavy atom. The number of piperidine rings is 1. The number of carboxylic acid groups (broad SMARTS) is 1. The number of carboxylic acids is 1. The van der Waals surface area contributed by atoms with Crippen LogP contribution in [0.25, 0.3) is 0 Å². The van der Waals surface area contributed by atoms with Gasteiger partial charge in [-0.2, -0.15) is 0 Å². The third-order valence-electron chi connectivity index (χ3n) is 3.72. The molecule has 2 aliphatic heterocycles. The topological polar surface area (TPSA) is 76.1 Å². The van der Waals surface area contributed by atoms with Crippen molar-refractivity contribution in [2.75, 3.05) is 26.3 Å². The fourth-order valence-electron chi connectivity index (χ4n) is 2.45. The molecule has 1 amide bonds. The summed E-state index contributed by atoms with van der Waals surface area (Å²) in [5, 5.41) is 8.93. The van der Waals surface area contributed by atoms with Crippen molar-refractivity contribution < 1.29 is 24.2 Å². The molecule has 0 atom stereocenters. The van der Waals surface area contributed by atoms with E-state index in [0.29, 0.717) is 26.3 Å². The Morgan fingerprint density at radius 1 is 1.16 bits per heavy atom. The summed E-state index contributed by atoms with van der Waals surface area (Å²) < 4.78 is 11.2. The van der Waals surface area contributed by atoms with Gasteiger partial charge in [-0.1, -0.05) is 0 Å². The molecule has 6 heteroatoms. The SMILES string of the molecule is CC(C(=O)O)=C(C)C(=O)N1CCCC2(C1)OCCO2. The van der Waals surface area contributed by atoms with Crippen LogP contribution in [0.3, 0.4) is 0 Å². The summed E-state index contributed by atoms with van der Waals surface area (Å²) in [6.07, 6.45) is 1.57. The molecule has 1 N–H and O–H groups in total. The Morgan fingerprint density at radius 3 is 2.37 bits per heavy atom. The molecule has 6 nitrogen and oxygen atoms in total. The number of ether oxygens (including phenoxy) is 2. The molecular weight excluding hydrogens is 250 g/mol. The van der Waals surface area contributed by atoms with Crippen molar-refractivity contribution in [3.63, 3.8) is 0 Å². The monoisotopic (exact) mass is 269 g/mol. The summed E-state index contributed by atoms with van der Waals surface area (Å²) in [5.74, 6) is -1.99. The molecule has 0 bridgehead atoms. The summed E-state index contributed by atoms with van der Waals surface area (Å²) in [6, 6.07) is 0. The lowest BCUT2D eigenvalue weighted by Gasteiger charge is -2.38. The third-order valence-corrected chi connectivity index (χ3v) is 3.72. The van der Waals surface area contributed by atoms with Crippen LogP contribution in [-0.2, 0) is 19.1 Å². The lowest BCUT2D eigenvalue weighted by molar-refractivity contribution is -0.191. The van der Waals surface area contributed by atoms with Gasteiger partial charge in [0.25, 0.3) is 0 Å². The highest BCUT2D eigenvalue weighted by Gasteiger charge is 2.42. The summed E-state index contributed by atoms with van der Waals surface area (Å²) in [7, 11) is 0. The number of amides is 1. The van der Waals surface area contributed by atoms with Gasteiger partial charge in [0.1, 0.15) is 0 Å². The van der Waals surface area contributed by atoms with Crippen molar-refractivity contribution in [3.8, 4) is 0 Å². The fourth-order valence-corrected chi connectivity index (χ4v) is 2.45. The van der Waals surface area contributed by atoms with Crippen LogP contribution >= 0.6 is 0 Å². The number of nitrogens with zero attached hydrogens (tertiary/aromatic N) is 1. The highest BCUT2D eigenvalue weighted by molar-refractivity contribution is 6.01. The number of hydrogen-bond acceptors (Lipinski definition) is 4. The van der Waals surface area contributed by atoms with E-state index in [1.54, 1.807) is 11.8 Å². The fraction of sp³-hybridized carbons (Fsp3) is 0.692.